The van der Waals surface area contributed by atoms with E-state index in [-0.39, 0.29) is 30.5 Å². The second kappa shape index (κ2) is 6.23. The number of benzene rings is 1. The second-order valence-corrected chi connectivity index (χ2v) is 6.17. The minimum atomic E-state index is -4.49. The smallest absolute Gasteiger partial charge is 0.312 e. The maximum atomic E-state index is 12.8. The quantitative estimate of drug-likeness (QED) is 0.920. The van der Waals surface area contributed by atoms with Crippen LogP contribution in [-0.4, -0.2) is 23.3 Å². The highest BCUT2D eigenvalue weighted by Crippen LogP contribution is 2.33. The topological polar surface area (TPSA) is 62.3 Å². The van der Waals surface area contributed by atoms with Gasteiger partial charge < -0.3 is 10.2 Å². The van der Waals surface area contributed by atoms with Crippen LogP contribution in [0.5, 0.6) is 0 Å². The molecule has 2 heterocycles. The highest BCUT2D eigenvalue weighted by Gasteiger charge is 2.37. The van der Waals surface area contributed by atoms with Crippen molar-refractivity contribution < 1.29 is 22.8 Å². The van der Waals surface area contributed by atoms with Gasteiger partial charge in [-0.15, -0.1) is 11.3 Å². The van der Waals surface area contributed by atoms with Crippen LogP contribution >= 0.6 is 11.3 Å². The van der Waals surface area contributed by atoms with Crippen molar-refractivity contribution in [2.45, 2.75) is 12.6 Å². The minimum Gasteiger partial charge on any atom is -0.312 e. The molecule has 0 radical (unpaired) electrons. The van der Waals surface area contributed by atoms with Gasteiger partial charge in [0.1, 0.15) is 0 Å². The summed E-state index contributed by atoms with van der Waals surface area (Å²) in [5.74, 6) is -1.38. The van der Waals surface area contributed by atoms with E-state index >= 15 is 0 Å². The van der Waals surface area contributed by atoms with Crippen LogP contribution in [0.3, 0.4) is 0 Å². The zero-order chi connectivity index (χ0) is 17.3. The van der Waals surface area contributed by atoms with Crippen LogP contribution in [0.4, 0.5) is 24.0 Å². The molecule has 2 amide bonds. The summed E-state index contributed by atoms with van der Waals surface area (Å²) in [6.07, 6.45) is -3.00. The first-order chi connectivity index (χ1) is 11.3. The van der Waals surface area contributed by atoms with Crippen molar-refractivity contribution in [1.29, 1.82) is 0 Å². The summed E-state index contributed by atoms with van der Waals surface area (Å²) in [6, 6.07) is 4.53. The number of thiazole rings is 1. The van der Waals surface area contributed by atoms with Crippen molar-refractivity contribution in [3.63, 3.8) is 0 Å². The second-order valence-electron chi connectivity index (χ2n) is 5.28. The molecule has 1 N–H and O–H groups in total. The molecule has 0 unspecified atom stereocenters. The number of halogens is 3. The van der Waals surface area contributed by atoms with Crippen LogP contribution in [0.1, 0.15) is 12.0 Å². The fourth-order valence-corrected chi connectivity index (χ4v) is 3.01. The third-order valence-electron chi connectivity index (χ3n) is 3.64. The average molecular weight is 355 g/mol. The van der Waals surface area contributed by atoms with Crippen LogP contribution in [-0.2, 0) is 15.8 Å². The van der Waals surface area contributed by atoms with E-state index in [1.54, 1.807) is 5.38 Å². The van der Waals surface area contributed by atoms with Crippen LogP contribution in [0.2, 0.25) is 0 Å². The fraction of sp³-hybridized carbons (Fsp3) is 0.267. The summed E-state index contributed by atoms with van der Waals surface area (Å²) in [5.41, 5.74) is -0.692. The molecule has 0 saturated carbocycles. The van der Waals surface area contributed by atoms with Gasteiger partial charge in [0.05, 0.1) is 11.5 Å². The van der Waals surface area contributed by atoms with E-state index in [1.807, 2.05) is 0 Å². The molecule has 5 nitrogen and oxygen atoms in total. The Morgan fingerprint density at radius 3 is 2.83 bits per heavy atom. The van der Waals surface area contributed by atoms with Gasteiger partial charge in [0.15, 0.2) is 5.13 Å². The lowest BCUT2D eigenvalue weighted by Gasteiger charge is -2.18. The van der Waals surface area contributed by atoms with Gasteiger partial charge in [-0.25, -0.2) is 4.98 Å². The first kappa shape index (κ1) is 16.4. The fourth-order valence-electron chi connectivity index (χ4n) is 2.48. The Balaban J connectivity index is 1.74. The summed E-state index contributed by atoms with van der Waals surface area (Å²) in [7, 11) is 0. The van der Waals surface area contributed by atoms with Gasteiger partial charge in [-0.05, 0) is 18.2 Å². The third-order valence-corrected chi connectivity index (χ3v) is 4.33. The molecule has 3 rings (SSSR count). The predicted molar refractivity (Wildman–Crippen MR) is 82.6 cm³/mol. The zero-order valence-electron chi connectivity index (χ0n) is 12.2. The summed E-state index contributed by atoms with van der Waals surface area (Å²) in [4.78, 5) is 29.4. The number of alkyl halides is 3. The molecular formula is C15H12F3N3O2S. The van der Waals surface area contributed by atoms with Crippen molar-refractivity contribution in [3.05, 3.63) is 41.4 Å². The maximum absolute atomic E-state index is 12.8. The van der Waals surface area contributed by atoms with Crippen LogP contribution in [0.15, 0.2) is 35.8 Å². The van der Waals surface area contributed by atoms with Crippen molar-refractivity contribution in [2.24, 2.45) is 5.92 Å². The molecule has 9 heteroatoms. The van der Waals surface area contributed by atoms with Gasteiger partial charge in [-0.3, -0.25) is 9.59 Å². The predicted octanol–water partition coefficient (Wildman–Crippen LogP) is 3.15. The number of nitrogens with one attached hydrogen (secondary N) is 1. The van der Waals surface area contributed by atoms with E-state index in [9.17, 15) is 22.8 Å². The molecule has 0 spiro atoms. The monoisotopic (exact) mass is 355 g/mol. The molecule has 0 aliphatic carbocycles. The molecular weight excluding hydrogens is 343 g/mol. The molecule has 1 aliphatic heterocycles. The number of carbonyl (C=O) groups excluding carboxylic acids is 2. The lowest BCUT2D eigenvalue weighted by Crippen LogP contribution is -2.28. The first-order valence-electron chi connectivity index (χ1n) is 7.02. The van der Waals surface area contributed by atoms with Gasteiger partial charge in [0.25, 0.3) is 0 Å². The van der Waals surface area contributed by atoms with E-state index in [1.165, 1.54) is 34.6 Å². The molecule has 1 aromatic heterocycles. The van der Waals surface area contributed by atoms with Crippen LogP contribution in [0, 0.1) is 5.92 Å². The molecule has 1 saturated heterocycles. The highest BCUT2D eigenvalue weighted by atomic mass is 32.1. The number of hydrogen-bond donors (Lipinski definition) is 1. The number of carbonyl (C=O) groups is 2. The van der Waals surface area contributed by atoms with Gasteiger partial charge in [-0.1, -0.05) is 6.07 Å². The number of rotatable bonds is 3. The number of hydrogen-bond acceptors (Lipinski definition) is 4. The van der Waals surface area contributed by atoms with Crippen molar-refractivity contribution >= 4 is 34.0 Å². The molecule has 2 aromatic rings. The van der Waals surface area contributed by atoms with Gasteiger partial charge in [0.2, 0.25) is 11.8 Å². The molecule has 1 fully saturated rings. The maximum Gasteiger partial charge on any atom is 0.416 e. The summed E-state index contributed by atoms with van der Waals surface area (Å²) in [6.45, 7) is 0.0390. The normalized spacial score (nSPS) is 18.0. The van der Waals surface area contributed by atoms with E-state index < -0.39 is 17.7 Å². The van der Waals surface area contributed by atoms with Gasteiger partial charge in [0, 0.05) is 30.2 Å². The Morgan fingerprint density at radius 2 is 2.17 bits per heavy atom. The molecule has 1 aliphatic rings. The Bertz CT molecular complexity index is 762. The Kier molecular flexibility index (Phi) is 4.27. The van der Waals surface area contributed by atoms with E-state index in [0.29, 0.717) is 5.13 Å². The highest BCUT2D eigenvalue weighted by molar-refractivity contribution is 7.13. The lowest BCUT2D eigenvalue weighted by molar-refractivity contribution is -0.137. The number of amides is 2. The molecule has 1 atom stereocenters. The van der Waals surface area contributed by atoms with E-state index in [0.717, 1.165) is 12.1 Å². The summed E-state index contributed by atoms with van der Waals surface area (Å²) in [5, 5.41) is 4.72. The standard InChI is InChI=1S/C15H12F3N3O2S/c16-15(17,18)10-2-1-3-11(7-10)21-8-9(6-12(21)22)13(23)20-14-19-4-5-24-14/h1-5,7,9H,6,8H2,(H,19,20,23)/t9-/m1/s1. The van der Waals surface area contributed by atoms with Gasteiger partial charge >= 0.3 is 6.18 Å². The third kappa shape index (κ3) is 3.40. The zero-order valence-corrected chi connectivity index (χ0v) is 13.0. The Hall–Kier alpha value is -2.42. The summed E-state index contributed by atoms with van der Waals surface area (Å²) < 4.78 is 38.4. The van der Waals surface area contributed by atoms with Gasteiger partial charge in [-0.2, -0.15) is 13.2 Å². The molecule has 1 aromatic carbocycles. The summed E-state index contributed by atoms with van der Waals surface area (Å²) >= 11 is 1.25. The lowest BCUT2D eigenvalue weighted by atomic mass is 10.1. The van der Waals surface area contributed by atoms with Crippen molar-refractivity contribution in [3.8, 4) is 0 Å². The van der Waals surface area contributed by atoms with Crippen molar-refractivity contribution in [2.75, 3.05) is 16.8 Å². The first-order valence-corrected chi connectivity index (χ1v) is 7.90. The Morgan fingerprint density at radius 1 is 1.38 bits per heavy atom. The van der Waals surface area contributed by atoms with Crippen molar-refractivity contribution in [1.82, 2.24) is 4.98 Å². The van der Waals surface area contributed by atoms with E-state index in [4.69, 9.17) is 0 Å². The van der Waals surface area contributed by atoms with E-state index in [2.05, 4.69) is 10.3 Å². The molecule has 24 heavy (non-hydrogen) atoms. The number of aromatic nitrogens is 1. The average Bonchev–Trinajstić information content (AvgIpc) is 3.16. The minimum absolute atomic E-state index is 0.0390. The van der Waals surface area contributed by atoms with Crippen LogP contribution < -0.4 is 10.2 Å². The number of anilines is 2. The molecule has 126 valence electrons. The van der Waals surface area contributed by atoms with Crippen LogP contribution in [0.25, 0.3) is 0 Å². The Labute approximate surface area is 139 Å². The SMILES string of the molecule is O=C(Nc1nccs1)[C@@H]1CC(=O)N(c2cccc(C(F)(F)F)c2)C1. The number of nitrogens with zero attached hydrogens (tertiary/aromatic N) is 2. The largest absolute Gasteiger partial charge is 0.416 e. The molecule has 0 bridgehead atoms.